The summed E-state index contributed by atoms with van der Waals surface area (Å²) < 4.78 is 1.79. The van der Waals surface area contributed by atoms with Gasteiger partial charge in [-0.1, -0.05) is 18.2 Å². The Morgan fingerprint density at radius 2 is 1.87 bits per heavy atom. The molecule has 7 nitrogen and oxygen atoms in total. The second kappa shape index (κ2) is 7.48. The Balaban J connectivity index is 1.51. The Labute approximate surface area is 181 Å². The number of aromatic nitrogens is 3. The van der Waals surface area contributed by atoms with E-state index in [4.69, 9.17) is 10.1 Å². The Bertz CT molecular complexity index is 1190. The van der Waals surface area contributed by atoms with Gasteiger partial charge in [0.15, 0.2) is 5.65 Å². The molecule has 31 heavy (non-hydrogen) atoms. The van der Waals surface area contributed by atoms with Gasteiger partial charge in [0, 0.05) is 50.3 Å². The molecule has 1 atom stereocenters. The van der Waals surface area contributed by atoms with Gasteiger partial charge in [-0.25, -0.2) is 4.98 Å². The van der Waals surface area contributed by atoms with Crippen LogP contribution in [0.15, 0.2) is 30.3 Å². The zero-order chi connectivity index (χ0) is 21.7. The number of likely N-dealkylation sites (tertiary alicyclic amines) is 1. The van der Waals surface area contributed by atoms with Crippen molar-refractivity contribution in [2.24, 2.45) is 7.05 Å². The molecule has 2 amide bonds. The van der Waals surface area contributed by atoms with E-state index in [1.807, 2.05) is 49.2 Å². The predicted molar refractivity (Wildman–Crippen MR) is 118 cm³/mol. The Hall–Kier alpha value is -3.22. The number of carbonyl (C=O) groups excluding carboxylic acids is 2. The Kier molecular flexibility index (Phi) is 4.76. The van der Waals surface area contributed by atoms with Crippen LogP contribution in [-0.2, 0) is 7.05 Å². The molecule has 3 aromatic rings. The molecule has 5 rings (SSSR count). The van der Waals surface area contributed by atoms with Crippen molar-refractivity contribution in [3.63, 3.8) is 0 Å². The maximum atomic E-state index is 13.1. The molecule has 0 bridgehead atoms. The second-order valence-electron chi connectivity index (χ2n) is 8.71. The number of nitrogens with one attached hydrogen (secondary N) is 1. The van der Waals surface area contributed by atoms with Crippen LogP contribution < -0.4 is 5.32 Å². The summed E-state index contributed by atoms with van der Waals surface area (Å²) in [6.07, 6.45) is 3.06. The number of fused-ring (bicyclic) bond motifs is 1. The van der Waals surface area contributed by atoms with Gasteiger partial charge in [0.1, 0.15) is 0 Å². The maximum Gasteiger partial charge on any atom is 0.254 e. The molecular formula is C24H27N5O2. The van der Waals surface area contributed by atoms with Crippen molar-refractivity contribution in [2.75, 3.05) is 20.1 Å². The molecule has 0 spiro atoms. The molecule has 3 heterocycles. The van der Waals surface area contributed by atoms with Gasteiger partial charge in [-0.2, -0.15) is 5.10 Å². The number of benzene rings is 1. The summed E-state index contributed by atoms with van der Waals surface area (Å²) >= 11 is 0. The molecule has 2 aliphatic rings. The van der Waals surface area contributed by atoms with Crippen LogP contribution in [0.5, 0.6) is 0 Å². The number of rotatable bonds is 4. The highest BCUT2D eigenvalue weighted by Gasteiger charge is 2.34. The molecule has 7 heteroatoms. The molecule has 1 saturated carbocycles. The van der Waals surface area contributed by atoms with Gasteiger partial charge < -0.3 is 10.2 Å². The summed E-state index contributed by atoms with van der Waals surface area (Å²) in [7, 11) is 3.54. The normalized spacial score (nSPS) is 18.5. The van der Waals surface area contributed by atoms with Crippen LogP contribution >= 0.6 is 0 Å². The molecule has 0 radical (unpaired) electrons. The number of aryl methyl sites for hydroxylation is 2. The molecule has 1 N–H and O–H groups in total. The average Bonchev–Trinajstić information content (AvgIpc) is 3.42. The van der Waals surface area contributed by atoms with Crippen molar-refractivity contribution in [3.05, 3.63) is 58.4 Å². The van der Waals surface area contributed by atoms with Crippen LogP contribution in [0, 0.1) is 6.92 Å². The van der Waals surface area contributed by atoms with Crippen molar-refractivity contribution >= 4 is 22.8 Å². The summed E-state index contributed by atoms with van der Waals surface area (Å²) in [5.74, 6) is 0.462. The molecule has 160 valence electrons. The van der Waals surface area contributed by atoms with E-state index >= 15 is 0 Å². The molecule has 1 aromatic carbocycles. The number of hydrogen-bond donors (Lipinski definition) is 1. The fourth-order valence-corrected chi connectivity index (χ4v) is 4.64. The lowest BCUT2D eigenvalue weighted by Gasteiger charge is -2.17. The van der Waals surface area contributed by atoms with Crippen LogP contribution in [-0.4, -0.2) is 51.6 Å². The van der Waals surface area contributed by atoms with E-state index in [2.05, 4.69) is 5.32 Å². The van der Waals surface area contributed by atoms with Gasteiger partial charge in [0.05, 0.1) is 16.6 Å². The van der Waals surface area contributed by atoms with Crippen molar-refractivity contribution in [1.29, 1.82) is 0 Å². The topological polar surface area (TPSA) is 80.1 Å². The van der Waals surface area contributed by atoms with E-state index in [0.717, 1.165) is 52.8 Å². The molecule has 1 unspecified atom stereocenters. The average molecular weight is 418 g/mol. The predicted octanol–water partition coefficient (Wildman–Crippen LogP) is 3.14. The van der Waals surface area contributed by atoms with Gasteiger partial charge in [-0.15, -0.1) is 0 Å². The Morgan fingerprint density at radius 3 is 2.58 bits per heavy atom. The Morgan fingerprint density at radius 1 is 1.10 bits per heavy atom. The highest BCUT2D eigenvalue weighted by molar-refractivity contribution is 6.06. The van der Waals surface area contributed by atoms with Crippen molar-refractivity contribution in [2.45, 2.75) is 38.0 Å². The summed E-state index contributed by atoms with van der Waals surface area (Å²) in [6.45, 7) is 3.24. The first-order chi connectivity index (χ1) is 15.0. The maximum absolute atomic E-state index is 13.1. The lowest BCUT2D eigenvalue weighted by Crippen LogP contribution is -2.29. The SMILES string of the molecule is CNC(=O)c1cc(C2CC2)nc2c1c(C1CCN(C(=O)c3ccccc3C)C1)nn2C. The van der Waals surface area contributed by atoms with Crippen molar-refractivity contribution in [1.82, 2.24) is 25.0 Å². The number of carbonyl (C=O) groups is 2. The summed E-state index contributed by atoms with van der Waals surface area (Å²) in [5.41, 5.74) is 4.96. The van der Waals surface area contributed by atoms with Crippen LogP contribution in [0.2, 0.25) is 0 Å². The van der Waals surface area contributed by atoms with Gasteiger partial charge in [0.2, 0.25) is 0 Å². The minimum atomic E-state index is -0.116. The lowest BCUT2D eigenvalue weighted by atomic mass is 9.98. The molecule has 2 fully saturated rings. The minimum Gasteiger partial charge on any atom is -0.355 e. The molecule has 1 saturated heterocycles. The van der Waals surface area contributed by atoms with E-state index < -0.39 is 0 Å². The van der Waals surface area contributed by atoms with Gasteiger partial charge in [-0.3, -0.25) is 14.3 Å². The number of hydrogen-bond acceptors (Lipinski definition) is 4. The fourth-order valence-electron chi connectivity index (χ4n) is 4.64. The molecular weight excluding hydrogens is 390 g/mol. The van der Waals surface area contributed by atoms with Gasteiger partial charge >= 0.3 is 0 Å². The van der Waals surface area contributed by atoms with Crippen LogP contribution in [0.25, 0.3) is 11.0 Å². The zero-order valence-electron chi connectivity index (χ0n) is 18.2. The second-order valence-corrected chi connectivity index (χ2v) is 8.71. The smallest absolute Gasteiger partial charge is 0.254 e. The van der Waals surface area contributed by atoms with Gasteiger partial charge in [-0.05, 0) is 43.9 Å². The third kappa shape index (κ3) is 3.38. The summed E-state index contributed by atoms with van der Waals surface area (Å²) in [5, 5.41) is 8.38. The minimum absolute atomic E-state index is 0.0570. The quantitative estimate of drug-likeness (QED) is 0.707. The van der Waals surface area contributed by atoms with Crippen LogP contribution in [0.3, 0.4) is 0 Å². The van der Waals surface area contributed by atoms with E-state index in [9.17, 15) is 9.59 Å². The number of pyridine rings is 1. The van der Waals surface area contributed by atoms with E-state index in [-0.39, 0.29) is 17.7 Å². The third-order valence-corrected chi connectivity index (χ3v) is 6.55. The standard InChI is InChI=1S/C24H27N5O2/c1-14-6-4-5-7-17(14)24(31)29-11-10-16(13-29)21-20-18(23(30)25-2)12-19(15-8-9-15)26-22(20)28(3)27-21/h4-7,12,15-16H,8-11,13H2,1-3H3,(H,25,30). The van der Waals surface area contributed by atoms with Gasteiger partial charge in [0.25, 0.3) is 11.8 Å². The summed E-state index contributed by atoms with van der Waals surface area (Å²) in [4.78, 5) is 32.6. The van der Waals surface area contributed by atoms with E-state index in [1.54, 1.807) is 11.7 Å². The molecule has 1 aliphatic carbocycles. The monoisotopic (exact) mass is 417 g/mol. The van der Waals surface area contributed by atoms with Crippen molar-refractivity contribution in [3.8, 4) is 0 Å². The number of nitrogens with zero attached hydrogens (tertiary/aromatic N) is 4. The highest BCUT2D eigenvalue weighted by Crippen LogP contribution is 2.41. The lowest BCUT2D eigenvalue weighted by molar-refractivity contribution is 0.0789. The first kappa shape index (κ1) is 19.7. The van der Waals surface area contributed by atoms with Crippen molar-refractivity contribution < 1.29 is 9.59 Å². The largest absolute Gasteiger partial charge is 0.355 e. The summed E-state index contributed by atoms with van der Waals surface area (Å²) in [6, 6.07) is 9.64. The zero-order valence-corrected chi connectivity index (χ0v) is 18.2. The number of amides is 2. The van der Waals surface area contributed by atoms with Crippen LogP contribution in [0.1, 0.15) is 68.8 Å². The highest BCUT2D eigenvalue weighted by atomic mass is 16.2. The molecule has 1 aliphatic heterocycles. The van der Waals surface area contributed by atoms with Crippen LogP contribution in [0.4, 0.5) is 0 Å². The molecule has 2 aromatic heterocycles. The first-order valence-electron chi connectivity index (χ1n) is 10.9. The first-order valence-corrected chi connectivity index (χ1v) is 10.9. The van der Waals surface area contributed by atoms with E-state index in [1.165, 1.54) is 0 Å². The van der Waals surface area contributed by atoms with E-state index in [0.29, 0.717) is 24.6 Å². The fraction of sp³-hybridized carbons (Fsp3) is 0.417. The third-order valence-electron chi connectivity index (χ3n) is 6.55.